The number of nitrogens with zero attached hydrogens (tertiary/aromatic N) is 1. The maximum atomic E-state index is 12.9. The first-order chi connectivity index (χ1) is 14.8. The number of carbonyl (C=O) groups is 2. The summed E-state index contributed by atoms with van der Waals surface area (Å²) in [5.41, 5.74) is 0.798. The van der Waals surface area contributed by atoms with Crippen molar-refractivity contribution in [2.45, 2.75) is 4.90 Å². The molecule has 0 aliphatic carbocycles. The largest absolute Gasteiger partial charge is 0.496 e. The molecule has 0 aromatic heterocycles. The van der Waals surface area contributed by atoms with Gasteiger partial charge in [0.25, 0.3) is 10.0 Å². The summed E-state index contributed by atoms with van der Waals surface area (Å²) in [5.74, 6) is -0.860. The van der Waals surface area contributed by atoms with Gasteiger partial charge in [-0.15, -0.1) is 0 Å². The number of hydrogen-bond donors (Lipinski definition) is 0. The quantitative estimate of drug-likeness (QED) is 0.394. The molecular formula is C23H21NO6S. The summed E-state index contributed by atoms with van der Waals surface area (Å²) in [7, 11) is -1.02. The summed E-state index contributed by atoms with van der Waals surface area (Å²) in [4.78, 5) is 24.7. The third-order valence-corrected chi connectivity index (χ3v) is 6.37. The van der Waals surface area contributed by atoms with Crippen molar-refractivity contribution < 1.29 is 27.5 Å². The van der Waals surface area contributed by atoms with Gasteiger partial charge < -0.3 is 9.47 Å². The van der Waals surface area contributed by atoms with E-state index in [0.717, 1.165) is 4.31 Å². The van der Waals surface area contributed by atoms with Gasteiger partial charge in [-0.2, -0.15) is 0 Å². The highest BCUT2D eigenvalue weighted by molar-refractivity contribution is 7.92. The number of benzene rings is 3. The van der Waals surface area contributed by atoms with Crippen molar-refractivity contribution in [1.29, 1.82) is 0 Å². The summed E-state index contributed by atoms with van der Waals surface area (Å²) < 4.78 is 37.2. The van der Waals surface area contributed by atoms with Crippen molar-refractivity contribution in [1.82, 2.24) is 0 Å². The number of hydrogen-bond acceptors (Lipinski definition) is 6. The Labute approximate surface area is 180 Å². The van der Waals surface area contributed by atoms with Crippen LogP contribution >= 0.6 is 0 Å². The van der Waals surface area contributed by atoms with E-state index in [0.29, 0.717) is 17.0 Å². The summed E-state index contributed by atoms with van der Waals surface area (Å²) >= 11 is 0. The van der Waals surface area contributed by atoms with Crippen LogP contribution in [0.25, 0.3) is 0 Å². The number of Topliss-reactive ketones (excluding diaryl/α,β-unsaturated/α-hetero) is 1. The number of esters is 1. The van der Waals surface area contributed by atoms with E-state index >= 15 is 0 Å². The molecule has 8 heteroatoms. The molecule has 0 amide bonds. The van der Waals surface area contributed by atoms with Crippen molar-refractivity contribution >= 4 is 27.5 Å². The zero-order chi connectivity index (χ0) is 22.4. The zero-order valence-electron chi connectivity index (χ0n) is 17.0. The highest BCUT2D eigenvalue weighted by Gasteiger charge is 2.23. The standard InChI is InChI=1S/C23H21NO6S/c1-24(18-10-4-3-5-11-18)31(27,28)19-12-8-9-17(15-19)23(26)30-16-21(25)20-13-6-7-14-22(20)29-2/h3-15H,16H2,1-2H3. The van der Waals surface area contributed by atoms with Crippen LogP contribution in [0, 0.1) is 0 Å². The normalized spacial score (nSPS) is 10.9. The van der Waals surface area contributed by atoms with E-state index in [1.54, 1.807) is 54.6 Å². The van der Waals surface area contributed by atoms with Crippen LogP contribution in [0.4, 0.5) is 5.69 Å². The van der Waals surface area contributed by atoms with E-state index in [4.69, 9.17) is 9.47 Å². The lowest BCUT2D eigenvalue weighted by Gasteiger charge is -2.19. The fraction of sp³-hybridized carbons (Fsp3) is 0.130. The molecule has 0 saturated carbocycles. The first-order valence-electron chi connectivity index (χ1n) is 9.32. The Morgan fingerprint density at radius 3 is 2.29 bits per heavy atom. The molecule has 7 nitrogen and oxygen atoms in total. The highest BCUT2D eigenvalue weighted by atomic mass is 32.2. The zero-order valence-corrected chi connectivity index (χ0v) is 17.8. The molecular weight excluding hydrogens is 418 g/mol. The predicted octanol–water partition coefficient (Wildman–Crippen LogP) is 3.56. The van der Waals surface area contributed by atoms with Gasteiger partial charge in [-0.25, -0.2) is 13.2 Å². The molecule has 31 heavy (non-hydrogen) atoms. The summed E-state index contributed by atoms with van der Waals surface area (Å²) in [6, 6.07) is 20.7. The third-order valence-electron chi connectivity index (χ3n) is 4.59. The average Bonchev–Trinajstić information content (AvgIpc) is 2.82. The maximum absolute atomic E-state index is 12.9. The smallest absolute Gasteiger partial charge is 0.338 e. The SMILES string of the molecule is COc1ccccc1C(=O)COC(=O)c1cccc(S(=O)(=O)N(C)c2ccccc2)c1. The van der Waals surface area contributed by atoms with Gasteiger partial charge in [0.05, 0.1) is 28.8 Å². The van der Waals surface area contributed by atoms with Crippen molar-refractivity contribution in [3.63, 3.8) is 0 Å². The lowest BCUT2D eigenvalue weighted by Crippen LogP contribution is -2.26. The molecule has 3 aromatic rings. The molecule has 0 unspecified atom stereocenters. The molecule has 0 N–H and O–H groups in total. The molecule has 0 aliphatic heterocycles. The lowest BCUT2D eigenvalue weighted by atomic mass is 10.1. The van der Waals surface area contributed by atoms with Crippen molar-refractivity contribution in [3.05, 3.63) is 90.0 Å². The number of carbonyl (C=O) groups excluding carboxylic acids is 2. The van der Waals surface area contributed by atoms with Crippen molar-refractivity contribution in [2.75, 3.05) is 25.1 Å². The van der Waals surface area contributed by atoms with Crippen LogP contribution in [0.3, 0.4) is 0 Å². The maximum Gasteiger partial charge on any atom is 0.338 e. The monoisotopic (exact) mass is 439 g/mol. The van der Waals surface area contributed by atoms with Crippen molar-refractivity contribution in [2.24, 2.45) is 0 Å². The molecule has 0 fully saturated rings. The summed E-state index contributed by atoms with van der Waals surface area (Å²) in [6.07, 6.45) is 0. The molecule has 0 radical (unpaired) electrons. The fourth-order valence-corrected chi connectivity index (χ4v) is 4.13. The Hall–Kier alpha value is -3.65. The van der Waals surface area contributed by atoms with E-state index in [1.165, 1.54) is 38.4 Å². The van der Waals surface area contributed by atoms with Crippen LogP contribution < -0.4 is 9.04 Å². The first kappa shape index (κ1) is 22.0. The predicted molar refractivity (Wildman–Crippen MR) is 116 cm³/mol. The van der Waals surface area contributed by atoms with Crippen LogP contribution in [0.15, 0.2) is 83.8 Å². The second-order valence-electron chi connectivity index (χ2n) is 6.54. The average molecular weight is 439 g/mol. The number of rotatable bonds is 8. The number of sulfonamides is 1. The van der Waals surface area contributed by atoms with Gasteiger partial charge in [0.2, 0.25) is 5.78 Å². The topological polar surface area (TPSA) is 90.0 Å². The molecule has 0 aliphatic rings. The molecule has 0 saturated heterocycles. The molecule has 0 atom stereocenters. The highest BCUT2D eigenvalue weighted by Crippen LogP contribution is 2.23. The number of ketones is 1. The van der Waals surface area contributed by atoms with Gasteiger partial charge in [0.15, 0.2) is 6.61 Å². The minimum atomic E-state index is -3.89. The van der Waals surface area contributed by atoms with Gasteiger partial charge in [0, 0.05) is 7.05 Å². The fourth-order valence-electron chi connectivity index (χ4n) is 2.89. The third kappa shape index (κ3) is 4.92. The van der Waals surface area contributed by atoms with Crippen LogP contribution in [-0.2, 0) is 14.8 Å². The number of para-hydroxylation sites is 2. The van der Waals surface area contributed by atoms with Gasteiger partial charge in [-0.3, -0.25) is 9.10 Å². The van der Waals surface area contributed by atoms with Gasteiger partial charge in [-0.1, -0.05) is 36.4 Å². The Morgan fingerprint density at radius 2 is 1.58 bits per heavy atom. The van der Waals surface area contributed by atoms with Crippen molar-refractivity contribution in [3.8, 4) is 5.75 Å². The van der Waals surface area contributed by atoms with E-state index in [2.05, 4.69) is 0 Å². The Morgan fingerprint density at radius 1 is 0.903 bits per heavy atom. The van der Waals surface area contributed by atoms with Gasteiger partial charge in [0.1, 0.15) is 5.75 Å². The number of ether oxygens (including phenoxy) is 2. The second-order valence-corrected chi connectivity index (χ2v) is 8.50. The van der Waals surface area contributed by atoms with E-state index in [9.17, 15) is 18.0 Å². The van der Waals surface area contributed by atoms with Crippen LogP contribution in [-0.4, -0.2) is 40.9 Å². The molecule has 0 bridgehead atoms. The van der Waals surface area contributed by atoms with E-state index < -0.39 is 28.4 Å². The first-order valence-corrected chi connectivity index (χ1v) is 10.8. The Bertz CT molecular complexity index is 1190. The van der Waals surface area contributed by atoms with E-state index in [1.807, 2.05) is 0 Å². The van der Waals surface area contributed by atoms with Crippen LogP contribution in [0.2, 0.25) is 0 Å². The molecule has 3 aromatic carbocycles. The van der Waals surface area contributed by atoms with Crippen LogP contribution in [0.1, 0.15) is 20.7 Å². The second kappa shape index (κ2) is 9.44. The Balaban J connectivity index is 1.75. The molecule has 0 heterocycles. The summed E-state index contributed by atoms with van der Waals surface area (Å²) in [5, 5.41) is 0. The van der Waals surface area contributed by atoms with E-state index in [-0.39, 0.29) is 10.5 Å². The van der Waals surface area contributed by atoms with Crippen LogP contribution in [0.5, 0.6) is 5.75 Å². The Kier molecular flexibility index (Phi) is 6.71. The molecule has 0 spiro atoms. The summed E-state index contributed by atoms with van der Waals surface area (Å²) in [6.45, 7) is -0.500. The van der Waals surface area contributed by atoms with Gasteiger partial charge >= 0.3 is 5.97 Å². The van der Waals surface area contributed by atoms with Gasteiger partial charge in [-0.05, 0) is 42.5 Å². The molecule has 160 valence electrons. The number of anilines is 1. The number of methoxy groups -OCH3 is 1. The lowest BCUT2D eigenvalue weighted by molar-refractivity contribution is 0.0473. The minimum Gasteiger partial charge on any atom is -0.496 e. The minimum absolute atomic E-state index is 0.0235. The molecule has 3 rings (SSSR count).